The van der Waals surface area contributed by atoms with E-state index in [1.165, 1.54) is 11.3 Å². The fraction of sp³-hybridized carbons (Fsp3) is 0.625. The molecule has 1 aromatic carbocycles. The molecule has 0 aliphatic carbocycles. The van der Waals surface area contributed by atoms with Crippen molar-refractivity contribution < 1.29 is 8.78 Å². The summed E-state index contributed by atoms with van der Waals surface area (Å²) in [5, 5.41) is 0. The molecule has 1 aliphatic heterocycles. The number of halogens is 2. The molecule has 0 amide bonds. The summed E-state index contributed by atoms with van der Waals surface area (Å²) in [7, 11) is 0. The lowest BCUT2D eigenvalue weighted by atomic mass is 9.87. The summed E-state index contributed by atoms with van der Waals surface area (Å²) in [6, 6.07) is 8.62. The Kier molecular flexibility index (Phi) is 4.63. The van der Waals surface area contributed by atoms with Crippen molar-refractivity contribution in [2.45, 2.75) is 32.6 Å². The molecule has 1 fully saturated rings. The smallest absolute Gasteiger partial charge is 0.251 e. The van der Waals surface area contributed by atoms with E-state index < -0.39 is 6.43 Å². The van der Waals surface area contributed by atoms with Gasteiger partial charge in [-0.1, -0.05) is 32.9 Å². The van der Waals surface area contributed by atoms with Crippen LogP contribution in [0.15, 0.2) is 24.3 Å². The Labute approximate surface area is 120 Å². The van der Waals surface area contributed by atoms with E-state index >= 15 is 0 Å². The minimum Gasteiger partial charge on any atom is -0.369 e. The maximum atomic E-state index is 12.3. The first kappa shape index (κ1) is 15.2. The summed E-state index contributed by atoms with van der Waals surface area (Å²) < 4.78 is 24.7. The third-order valence-electron chi connectivity index (χ3n) is 3.87. The minimum absolute atomic E-state index is 0.100. The second kappa shape index (κ2) is 6.08. The summed E-state index contributed by atoms with van der Waals surface area (Å²) in [6.45, 7) is 9.57. The fourth-order valence-corrected chi connectivity index (χ4v) is 2.56. The molecule has 0 unspecified atom stereocenters. The van der Waals surface area contributed by atoms with Crippen molar-refractivity contribution >= 4 is 5.69 Å². The quantitative estimate of drug-likeness (QED) is 0.838. The molecule has 112 valence electrons. The van der Waals surface area contributed by atoms with Crippen LogP contribution < -0.4 is 4.90 Å². The number of nitrogens with zero attached hydrogens (tertiary/aromatic N) is 2. The van der Waals surface area contributed by atoms with Gasteiger partial charge in [0.1, 0.15) is 0 Å². The van der Waals surface area contributed by atoms with Gasteiger partial charge >= 0.3 is 0 Å². The van der Waals surface area contributed by atoms with E-state index in [1.807, 2.05) is 4.90 Å². The number of hydrogen-bond acceptors (Lipinski definition) is 2. The SMILES string of the molecule is CC(C)(C)c1ccc(N2CCN(CC(F)F)CC2)cc1. The van der Waals surface area contributed by atoms with Crippen LogP contribution in [0.5, 0.6) is 0 Å². The molecule has 0 bridgehead atoms. The van der Waals surface area contributed by atoms with Crippen molar-refractivity contribution in [2.24, 2.45) is 0 Å². The van der Waals surface area contributed by atoms with Gasteiger partial charge in [-0.05, 0) is 23.1 Å². The van der Waals surface area contributed by atoms with Gasteiger partial charge in [-0.3, -0.25) is 4.90 Å². The zero-order chi connectivity index (χ0) is 14.8. The zero-order valence-electron chi connectivity index (χ0n) is 12.6. The van der Waals surface area contributed by atoms with Crippen LogP contribution in [0.1, 0.15) is 26.3 Å². The summed E-state index contributed by atoms with van der Waals surface area (Å²) in [6.07, 6.45) is -2.23. The predicted octanol–water partition coefficient (Wildman–Crippen LogP) is 3.37. The summed E-state index contributed by atoms with van der Waals surface area (Å²) in [4.78, 5) is 4.11. The van der Waals surface area contributed by atoms with Crippen LogP contribution in [0.4, 0.5) is 14.5 Å². The van der Waals surface area contributed by atoms with Gasteiger partial charge < -0.3 is 4.90 Å². The van der Waals surface area contributed by atoms with Crippen LogP contribution in [0, 0.1) is 0 Å². The Hall–Kier alpha value is -1.16. The van der Waals surface area contributed by atoms with E-state index in [-0.39, 0.29) is 12.0 Å². The van der Waals surface area contributed by atoms with Gasteiger partial charge in [0.15, 0.2) is 0 Å². The Bertz CT molecular complexity index is 415. The first-order valence-corrected chi connectivity index (χ1v) is 7.22. The molecule has 0 aromatic heterocycles. The number of piperazine rings is 1. The van der Waals surface area contributed by atoms with Crippen molar-refractivity contribution in [3.63, 3.8) is 0 Å². The molecule has 1 heterocycles. The van der Waals surface area contributed by atoms with E-state index in [1.54, 1.807) is 0 Å². The van der Waals surface area contributed by atoms with Gasteiger partial charge in [-0.2, -0.15) is 0 Å². The molecule has 2 nitrogen and oxygen atoms in total. The van der Waals surface area contributed by atoms with Crippen molar-refractivity contribution in [3.05, 3.63) is 29.8 Å². The summed E-state index contributed by atoms with van der Waals surface area (Å²) in [5.74, 6) is 0. The Morgan fingerprint density at radius 3 is 2.00 bits per heavy atom. The largest absolute Gasteiger partial charge is 0.369 e. The van der Waals surface area contributed by atoms with Crippen LogP contribution in [0.2, 0.25) is 0 Å². The second-order valence-electron chi connectivity index (χ2n) is 6.48. The number of benzene rings is 1. The van der Waals surface area contributed by atoms with Crippen molar-refractivity contribution in [1.29, 1.82) is 0 Å². The Morgan fingerprint density at radius 2 is 1.55 bits per heavy atom. The summed E-state index contributed by atoms with van der Waals surface area (Å²) >= 11 is 0. The summed E-state index contributed by atoms with van der Waals surface area (Å²) in [5.41, 5.74) is 2.67. The van der Waals surface area contributed by atoms with Gasteiger partial charge in [0, 0.05) is 31.9 Å². The third-order valence-corrected chi connectivity index (χ3v) is 3.87. The highest BCUT2D eigenvalue weighted by atomic mass is 19.3. The van der Waals surface area contributed by atoms with Crippen LogP contribution in [-0.2, 0) is 5.41 Å². The lowest BCUT2D eigenvalue weighted by molar-refractivity contribution is 0.0854. The van der Waals surface area contributed by atoms with Crippen LogP contribution in [-0.4, -0.2) is 44.0 Å². The van der Waals surface area contributed by atoms with Crippen LogP contribution >= 0.6 is 0 Å². The van der Waals surface area contributed by atoms with E-state index in [2.05, 4.69) is 49.9 Å². The molecule has 0 N–H and O–H groups in total. The first-order valence-electron chi connectivity index (χ1n) is 7.22. The van der Waals surface area contributed by atoms with Gasteiger partial charge in [-0.25, -0.2) is 8.78 Å². The standard InChI is InChI=1S/C16H24F2N2/c1-16(2,3)13-4-6-14(7-5-13)20-10-8-19(9-11-20)12-15(17)18/h4-7,15H,8-12H2,1-3H3. The highest BCUT2D eigenvalue weighted by Crippen LogP contribution is 2.25. The van der Waals surface area contributed by atoms with E-state index in [9.17, 15) is 8.78 Å². The van der Waals surface area contributed by atoms with Gasteiger partial charge in [0.25, 0.3) is 6.43 Å². The molecule has 4 heteroatoms. The molecule has 1 aliphatic rings. The minimum atomic E-state index is -2.23. The van der Waals surface area contributed by atoms with Crippen molar-refractivity contribution in [2.75, 3.05) is 37.6 Å². The molecule has 20 heavy (non-hydrogen) atoms. The maximum Gasteiger partial charge on any atom is 0.251 e. The molecule has 1 aromatic rings. The molecule has 0 atom stereocenters. The average Bonchev–Trinajstić information content (AvgIpc) is 2.38. The number of hydrogen-bond donors (Lipinski definition) is 0. The highest BCUT2D eigenvalue weighted by Gasteiger charge is 2.20. The van der Waals surface area contributed by atoms with Gasteiger partial charge in [0.05, 0.1) is 6.54 Å². The average molecular weight is 282 g/mol. The van der Waals surface area contributed by atoms with Crippen molar-refractivity contribution in [3.8, 4) is 0 Å². The fourth-order valence-electron chi connectivity index (χ4n) is 2.56. The zero-order valence-corrected chi connectivity index (χ0v) is 12.6. The van der Waals surface area contributed by atoms with Gasteiger partial charge in [-0.15, -0.1) is 0 Å². The molecule has 0 saturated carbocycles. The van der Waals surface area contributed by atoms with E-state index in [4.69, 9.17) is 0 Å². The lowest BCUT2D eigenvalue weighted by Gasteiger charge is -2.36. The first-order chi connectivity index (χ1) is 9.36. The van der Waals surface area contributed by atoms with Crippen molar-refractivity contribution in [1.82, 2.24) is 4.90 Å². The maximum absolute atomic E-state index is 12.3. The molecule has 0 radical (unpaired) electrons. The Balaban J connectivity index is 1.94. The monoisotopic (exact) mass is 282 g/mol. The topological polar surface area (TPSA) is 6.48 Å². The molecule has 0 spiro atoms. The molecular weight excluding hydrogens is 258 g/mol. The van der Waals surface area contributed by atoms with Gasteiger partial charge in [0.2, 0.25) is 0 Å². The van der Waals surface area contributed by atoms with E-state index in [0.29, 0.717) is 13.1 Å². The second-order valence-corrected chi connectivity index (χ2v) is 6.48. The molecular formula is C16H24F2N2. The van der Waals surface area contributed by atoms with Crippen LogP contribution in [0.25, 0.3) is 0 Å². The molecule has 2 rings (SSSR count). The number of alkyl halides is 2. The lowest BCUT2D eigenvalue weighted by Crippen LogP contribution is -2.47. The normalized spacial score (nSPS) is 17.8. The van der Waals surface area contributed by atoms with Crippen LogP contribution in [0.3, 0.4) is 0 Å². The Morgan fingerprint density at radius 1 is 1.00 bits per heavy atom. The highest BCUT2D eigenvalue weighted by molar-refractivity contribution is 5.49. The predicted molar refractivity (Wildman–Crippen MR) is 79.8 cm³/mol. The number of anilines is 1. The molecule has 1 saturated heterocycles. The van der Waals surface area contributed by atoms with E-state index in [0.717, 1.165) is 13.1 Å². The number of rotatable bonds is 3. The third kappa shape index (κ3) is 3.92.